The Labute approximate surface area is 61.8 Å². The maximum absolute atomic E-state index is 5.36. The van der Waals surface area contributed by atoms with E-state index in [9.17, 15) is 0 Å². The van der Waals surface area contributed by atoms with Crippen LogP contribution in [0.3, 0.4) is 0 Å². The molecule has 0 radical (unpaired) electrons. The minimum absolute atomic E-state index is 0.371. The van der Waals surface area contributed by atoms with E-state index in [0.29, 0.717) is 6.10 Å². The summed E-state index contributed by atoms with van der Waals surface area (Å²) in [6.45, 7) is 2.93. The molecule has 0 bridgehead atoms. The van der Waals surface area contributed by atoms with Crippen molar-refractivity contribution in [2.24, 2.45) is 0 Å². The summed E-state index contributed by atoms with van der Waals surface area (Å²) in [6, 6.07) is 0. The standard InChI is InChI=1S/C8H14O2/c1-7-5-8(6-9-2)3-4-10-7/h6-7H,3-5H2,1-2H3/t7-/m0/s1. The SMILES string of the molecule is COC=C1CCO[C@@H](C)C1. The Morgan fingerprint density at radius 2 is 2.50 bits per heavy atom. The second kappa shape index (κ2) is 3.62. The van der Waals surface area contributed by atoms with Crippen LogP contribution in [0.5, 0.6) is 0 Å². The topological polar surface area (TPSA) is 18.5 Å². The van der Waals surface area contributed by atoms with Crippen molar-refractivity contribution < 1.29 is 9.47 Å². The molecule has 1 heterocycles. The molecule has 2 nitrogen and oxygen atoms in total. The van der Waals surface area contributed by atoms with Crippen LogP contribution in [0.15, 0.2) is 11.8 Å². The molecule has 0 spiro atoms. The maximum Gasteiger partial charge on any atom is 0.0818 e. The first-order chi connectivity index (χ1) is 4.83. The summed E-state index contributed by atoms with van der Waals surface area (Å²) in [6.07, 6.45) is 4.25. The Kier molecular flexibility index (Phi) is 2.75. The first kappa shape index (κ1) is 7.61. The fraction of sp³-hybridized carbons (Fsp3) is 0.750. The van der Waals surface area contributed by atoms with Gasteiger partial charge in [0.15, 0.2) is 0 Å². The third-order valence-corrected chi connectivity index (χ3v) is 1.66. The molecule has 58 valence electrons. The number of rotatable bonds is 1. The molecule has 0 unspecified atom stereocenters. The summed E-state index contributed by atoms with van der Waals surface area (Å²) in [7, 11) is 1.69. The molecule has 1 aliphatic heterocycles. The molecule has 0 aromatic carbocycles. The zero-order valence-electron chi connectivity index (χ0n) is 6.59. The van der Waals surface area contributed by atoms with Gasteiger partial charge in [0, 0.05) is 0 Å². The van der Waals surface area contributed by atoms with E-state index in [1.807, 2.05) is 6.26 Å². The summed E-state index contributed by atoms with van der Waals surface area (Å²) in [5, 5.41) is 0. The largest absolute Gasteiger partial charge is 0.504 e. The third-order valence-electron chi connectivity index (χ3n) is 1.66. The van der Waals surface area contributed by atoms with Crippen molar-refractivity contribution in [3.8, 4) is 0 Å². The summed E-state index contributed by atoms with van der Waals surface area (Å²) in [5.41, 5.74) is 1.36. The molecule has 0 N–H and O–H groups in total. The molecule has 0 aliphatic carbocycles. The molecular weight excluding hydrogens is 128 g/mol. The molecule has 0 aromatic heterocycles. The zero-order valence-corrected chi connectivity index (χ0v) is 6.59. The second-order valence-electron chi connectivity index (χ2n) is 2.65. The van der Waals surface area contributed by atoms with Crippen LogP contribution in [-0.4, -0.2) is 19.8 Å². The third kappa shape index (κ3) is 2.03. The van der Waals surface area contributed by atoms with Gasteiger partial charge in [-0.2, -0.15) is 0 Å². The minimum atomic E-state index is 0.371. The molecule has 1 fully saturated rings. The zero-order chi connectivity index (χ0) is 7.40. The smallest absolute Gasteiger partial charge is 0.0818 e. The van der Waals surface area contributed by atoms with Crippen LogP contribution in [0, 0.1) is 0 Å². The monoisotopic (exact) mass is 142 g/mol. The normalized spacial score (nSPS) is 30.6. The van der Waals surface area contributed by atoms with Crippen LogP contribution in [0.1, 0.15) is 19.8 Å². The highest BCUT2D eigenvalue weighted by atomic mass is 16.5. The molecule has 2 heteroatoms. The molecule has 1 rings (SSSR count). The highest BCUT2D eigenvalue weighted by Crippen LogP contribution is 2.18. The molecule has 1 saturated heterocycles. The Bertz CT molecular complexity index is 129. The van der Waals surface area contributed by atoms with Crippen molar-refractivity contribution >= 4 is 0 Å². The van der Waals surface area contributed by atoms with Crippen LogP contribution in [-0.2, 0) is 9.47 Å². The summed E-state index contributed by atoms with van der Waals surface area (Å²) < 4.78 is 10.3. The predicted octanol–water partition coefficient (Wildman–Crippen LogP) is 1.72. The van der Waals surface area contributed by atoms with Gasteiger partial charge in [0.2, 0.25) is 0 Å². The predicted molar refractivity (Wildman–Crippen MR) is 39.7 cm³/mol. The van der Waals surface area contributed by atoms with E-state index in [-0.39, 0.29) is 0 Å². The van der Waals surface area contributed by atoms with Gasteiger partial charge in [-0.3, -0.25) is 0 Å². The van der Waals surface area contributed by atoms with Gasteiger partial charge in [-0.05, 0) is 25.3 Å². The molecule has 10 heavy (non-hydrogen) atoms. The van der Waals surface area contributed by atoms with E-state index in [1.165, 1.54) is 5.57 Å². The van der Waals surface area contributed by atoms with Gasteiger partial charge in [-0.15, -0.1) is 0 Å². The summed E-state index contributed by atoms with van der Waals surface area (Å²) >= 11 is 0. The van der Waals surface area contributed by atoms with Crippen LogP contribution in [0.25, 0.3) is 0 Å². The van der Waals surface area contributed by atoms with Crippen molar-refractivity contribution in [1.82, 2.24) is 0 Å². The summed E-state index contributed by atoms with van der Waals surface area (Å²) in [5.74, 6) is 0. The molecular formula is C8H14O2. The minimum Gasteiger partial charge on any atom is -0.504 e. The quantitative estimate of drug-likeness (QED) is 0.519. The van der Waals surface area contributed by atoms with E-state index >= 15 is 0 Å². The van der Waals surface area contributed by atoms with Crippen molar-refractivity contribution in [2.75, 3.05) is 13.7 Å². The Balaban J connectivity index is 2.39. The lowest BCUT2D eigenvalue weighted by atomic mass is 10.1. The summed E-state index contributed by atoms with van der Waals surface area (Å²) in [4.78, 5) is 0. The van der Waals surface area contributed by atoms with Crippen molar-refractivity contribution in [3.05, 3.63) is 11.8 Å². The van der Waals surface area contributed by atoms with Crippen LogP contribution in [0.2, 0.25) is 0 Å². The van der Waals surface area contributed by atoms with Crippen molar-refractivity contribution in [3.63, 3.8) is 0 Å². The molecule has 0 amide bonds. The van der Waals surface area contributed by atoms with E-state index < -0.39 is 0 Å². The van der Waals surface area contributed by atoms with Crippen molar-refractivity contribution in [1.29, 1.82) is 0 Å². The Morgan fingerprint density at radius 3 is 3.10 bits per heavy atom. The second-order valence-corrected chi connectivity index (χ2v) is 2.65. The van der Waals surface area contributed by atoms with E-state index in [2.05, 4.69) is 6.92 Å². The maximum atomic E-state index is 5.36. The lowest BCUT2D eigenvalue weighted by Crippen LogP contribution is -2.16. The number of hydrogen-bond acceptors (Lipinski definition) is 2. The van der Waals surface area contributed by atoms with Crippen LogP contribution in [0.4, 0.5) is 0 Å². The number of hydrogen-bond donors (Lipinski definition) is 0. The molecule has 0 saturated carbocycles. The average Bonchev–Trinajstić information content (AvgIpc) is 1.88. The van der Waals surface area contributed by atoms with Gasteiger partial charge in [-0.1, -0.05) is 0 Å². The van der Waals surface area contributed by atoms with Gasteiger partial charge in [-0.25, -0.2) is 0 Å². The first-order valence-electron chi connectivity index (χ1n) is 3.65. The van der Waals surface area contributed by atoms with E-state index in [4.69, 9.17) is 9.47 Å². The van der Waals surface area contributed by atoms with Gasteiger partial charge < -0.3 is 9.47 Å². The van der Waals surface area contributed by atoms with Crippen molar-refractivity contribution in [2.45, 2.75) is 25.9 Å². The van der Waals surface area contributed by atoms with Gasteiger partial charge >= 0.3 is 0 Å². The fourth-order valence-electron chi connectivity index (χ4n) is 1.20. The highest BCUT2D eigenvalue weighted by molar-refractivity contribution is 5.01. The number of ether oxygens (including phenoxy) is 2. The Morgan fingerprint density at radius 1 is 1.70 bits per heavy atom. The van der Waals surface area contributed by atoms with E-state index in [0.717, 1.165) is 19.4 Å². The van der Waals surface area contributed by atoms with Gasteiger partial charge in [0.25, 0.3) is 0 Å². The van der Waals surface area contributed by atoms with Gasteiger partial charge in [0.1, 0.15) is 0 Å². The fourth-order valence-corrected chi connectivity index (χ4v) is 1.20. The number of methoxy groups -OCH3 is 1. The Hall–Kier alpha value is -0.500. The molecule has 0 aromatic rings. The lowest BCUT2D eigenvalue weighted by Gasteiger charge is -2.20. The average molecular weight is 142 g/mol. The van der Waals surface area contributed by atoms with Crippen LogP contribution >= 0.6 is 0 Å². The van der Waals surface area contributed by atoms with Crippen LogP contribution < -0.4 is 0 Å². The lowest BCUT2D eigenvalue weighted by molar-refractivity contribution is 0.0471. The molecule has 1 aliphatic rings. The molecule has 1 atom stereocenters. The first-order valence-corrected chi connectivity index (χ1v) is 3.65. The van der Waals surface area contributed by atoms with Gasteiger partial charge in [0.05, 0.1) is 26.1 Å². The van der Waals surface area contributed by atoms with E-state index in [1.54, 1.807) is 7.11 Å². The highest BCUT2D eigenvalue weighted by Gasteiger charge is 2.12.